The lowest BCUT2D eigenvalue weighted by atomic mass is 10.2. The Morgan fingerprint density at radius 3 is 2.75 bits per heavy atom. The van der Waals surface area contributed by atoms with Crippen LogP contribution in [-0.4, -0.2) is 24.1 Å². The van der Waals surface area contributed by atoms with Crippen LogP contribution in [0.5, 0.6) is 0 Å². The smallest absolute Gasteiger partial charge is 0.256 e. The first-order valence-electron chi connectivity index (χ1n) is 5.41. The second-order valence-corrected chi connectivity index (χ2v) is 6.80. The van der Waals surface area contributed by atoms with Crippen LogP contribution in [0.2, 0.25) is 0 Å². The van der Waals surface area contributed by atoms with Gasteiger partial charge in [-0.25, -0.2) is 13.6 Å². The van der Waals surface area contributed by atoms with Crippen LogP contribution in [0.3, 0.4) is 0 Å². The monoisotopic (exact) mass is 406 g/mol. The lowest BCUT2D eigenvalue weighted by molar-refractivity contribution is 0.102. The molecule has 0 radical (unpaired) electrons. The fourth-order valence-corrected chi connectivity index (χ4v) is 2.77. The molecule has 0 fully saturated rings. The van der Waals surface area contributed by atoms with E-state index < -0.39 is 15.9 Å². The van der Waals surface area contributed by atoms with Gasteiger partial charge in [0, 0.05) is 22.4 Å². The fraction of sp³-hybridized carbons (Fsp3) is 0.0909. The Labute approximate surface area is 129 Å². The Hall–Kier alpha value is -1.46. The van der Waals surface area contributed by atoms with Gasteiger partial charge in [0.15, 0.2) is 5.82 Å². The number of aromatic nitrogens is 2. The minimum absolute atomic E-state index is 0.0844. The third-order valence-electron chi connectivity index (χ3n) is 2.42. The zero-order valence-corrected chi connectivity index (χ0v) is 13.3. The minimum atomic E-state index is -3.95. The summed E-state index contributed by atoms with van der Waals surface area (Å²) in [6, 6.07) is 6.87. The van der Waals surface area contributed by atoms with Crippen LogP contribution in [0.15, 0.2) is 35.4 Å². The van der Waals surface area contributed by atoms with Gasteiger partial charge < -0.3 is 5.32 Å². The van der Waals surface area contributed by atoms with Gasteiger partial charge in [-0.2, -0.15) is 5.10 Å². The van der Waals surface area contributed by atoms with E-state index in [2.05, 4.69) is 33.0 Å². The molecule has 1 amide bonds. The van der Waals surface area contributed by atoms with E-state index in [1.807, 2.05) is 6.07 Å². The molecule has 0 atom stereocenters. The van der Waals surface area contributed by atoms with Gasteiger partial charge in [-0.3, -0.25) is 9.48 Å². The molecule has 0 saturated heterocycles. The zero-order valence-electron chi connectivity index (χ0n) is 10.4. The number of carbonyl (C=O) groups is 1. The minimum Gasteiger partial charge on any atom is -0.304 e. The zero-order chi connectivity index (χ0) is 14.9. The van der Waals surface area contributed by atoms with Crippen molar-refractivity contribution < 1.29 is 13.2 Å². The summed E-state index contributed by atoms with van der Waals surface area (Å²) in [4.78, 5) is 11.8. The highest BCUT2D eigenvalue weighted by Gasteiger charge is 2.20. The van der Waals surface area contributed by atoms with Gasteiger partial charge in [0.05, 0.1) is 0 Å². The quantitative estimate of drug-likeness (QED) is 0.740. The molecule has 0 saturated carbocycles. The predicted molar refractivity (Wildman–Crippen MR) is 81.7 cm³/mol. The molecule has 0 unspecified atom stereocenters. The van der Waals surface area contributed by atoms with Gasteiger partial charge in [0.25, 0.3) is 5.91 Å². The summed E-state index contributed by atoms with van der Waals surface area (Å²) >= 11 is 2.08. The van der Waals surface area contributed by atoms with Crippen molar-refractivity contribution in [1.82, 2.24) is 9.78 Å². The Morgan fingerprint density at radius 2 is 2.15 bits per heavy atom. The van der Waals surface area contributed by atoms with Crippen LogP contribution >= 0.6 is 22.6 Å². The van der Waals surface area contributed by atoms with E-state index in [0.717, 1.165) is 3.57 Å². The van der Waals surface area contributed by atoms with E-state index in [1.165, 1.54) is 17.9 Å². The number of halogens is 1. The number of carbonyl (C=O) groups excluding carboxylic acids is 1. The molecule has 1 aromatic carbocycles. The van der Waals surface area contributed by atoms with Crippen molar-refractivity contribution in [2.45, 2.75) is 4.90 Å². The molecule has 7 nitrogen and oxygen atoms in total. The predicted octanol–water partition coefficient (Wildman–Crippen LogP) is 0.924. The molecule has 2 aromatic rings. The molecule has 0 aliphatic rings. The van der Waals surface area contributed by atoms with Gasteiger partial charge in [-0.15, -0.1) is 0 Å². The van der Waals surface area contributed by atoms with Crippen LogP contribution in [0, 0.1) is 3.57 Å². The SMILES string of the molecule is Cn1cc(S(N)(=O)=O)c(NC(=O)c2cccc(I)c2)n1. The first-order chi connectivity index (χ1) is 9.27. The number of anilines is 1. The van der Waals surface area contributed by atoms with E-state index in [1.54, 1.807) is 18.2 Å². The van der Waals surface area contributed by atoms with Crippen LogP contribution in [0.1, 0.15) is 10.4 Å². The number of rotatable bonds is 3. The summed E-state index contributed by atoms with van der Waals surface area (Å²) in [7, 11) is -2.41. The molecule has 20 heavy (non-hydrogen) atoms. The van der Waals surface area contributed by atoms with Crippen molar-refractivity contribution in [2.24, 2.45) is 12.2 Å². The lowest BCUT2D eigenvalue weighted by Crippen LogP contribution is -2.17. The number of nitrogens with zero attached hydrogens (tertiary/aromatic N) is 2. The highest BCUT2D eigenvalue weighted by atomic mass is 127. The summed E-state index contributed by atoms with van der Waals surface area (Å²) < 4.78 is 25.0. The van der Waals surface area contributed by atoms with E-state index in [9.17, 15) is 13.2 Å². The molecule has 0 aliphatic heterocycles. The molecular weight excluding hydrogens is 395 g/mol. The second kappa shape index (κ2) is 5.50. The largest absolute Gasteiger partial charge is 0.304 e. The maximum absolute atomic E-state index is 12.1. The number of sulfonamides is 1. The number of nitrogens with two attached hydrogens (primary N) is 1. The average molecular weight is 406 g/mol. The van der Waals surface area contributed by atoms with Crippen molar-refractivity contribution in [3.8, 4) is 0 Å². The highest BCUT2D eigenvalue weighted by Crippen LogP contribution is 2.18. The van der Waals surface area contributed by atoms with Crippen molar-refractivity contribution in [3.05, 3.63) is 39.6 Å². The Kier molecular flexibility index (Phi) is 4.11. The average Bonchev–Trinajstić information content (AvgIpc) is 2.70. The topological polar surface area (TPSA) is 107 Å². The number of hydrogen-bond acceptors (Lipinski definition) is 4. The Bertz CT molecular complexity index is 770. The van der Waals surface area contributed by atoms with Crippen LogP contribution in [-0.2, 0) is 17.1 Å². The van der Waals surface area contributed by atoms with Crippen molar-refractivity contribution in [3.63, 3.8) is 0 Å². The lowest BCUT2D eigenvalue weighted by Gasteiger charge is -2.04. The summed E-state index contributed by atoms with van der Waals surface area (Å²) in [5.74, 6) is -0.536. The van der Waals surface area contributed by atoms with Crippen molar-refractivity contribution in [2.75, 3.05) is 5.32 Å². The van der Waals surface area contributed by atoms with Crippen molar-refractivity contribution >= 4 is 44.3 Å². The summed E-state index contributed by atoms with van der Waals surface area (Å²) in [5, 5.41) is 11.4. The van der Waals surface area contributed by atoms with Crippen molar-refractivity contribution in [1.29, 1.82) is 0 Å². The number of aryl methyl sites for hydroxylation is 1. The standard InChI is InChI=1S/C11H11IN4O3S/c1-16-6-9(20(13,18)19)10(15-16)14-11(17)7-3-2-4-8(12)5-7/h2-6H,1H3,(H2,13,18,19)(H,14,15,17). The first-order valence-corrected chi connectivity index (χ1v) is 8.03. The summed E-state index contributed by atoms with van der Waals surface area (Å²) in [5.41, 5.74) is 0.405. The second-order valence-electron chi connectivity index (χ2n) is 4.03. The maximum Gasteiger partial charge on any atom is 0.256 e. The Morgan fingerprint density at radius 1 is 1.45 bits per heavy atom. The number of benzene rings is 1. The molecule has 1 heterocycles. The van der Waals surface area contributed by atoms with E-state index in [0.29, 0.717) is 5.56 Å². The first kappa shape index (κ1) is 14.9. The fourth-order valence-electron chi connectivity index (χ4n) is 1.57. The molecule has 2 rings (SSSR count). The molecule has 0 spiro atoms. The third-order valence-corrected chi connectivity index (χ3v) is 4.00. The van der Waals surface area contributed by atoms with Gasteiger partial charge in [-0.1, -0.05) is 6.07 Å². The summed E-state index contributed by atoms with van der Waals surface area (Å²) in [6.07, 6.45) is 1.24. The van der Waals surface area contributed by atoms with Gasteiger partial charge in [0.1, 0.15) is 4.90 Å². The molecular formula is C11H11IN4O3S. The van der Waals surface area contributed by atoms with Gasteiger partial charge in [-0.05, 0) is 40.8 Å². The highest BCUT2D eigenvalue weighted by molar-refractivity contribution is 14.1. The number of amides is 1. The van der Waals surface area contributed by atoms with E-state index >= 15 is 0 Å². The van der Waals surface area contributed by atoms with E-state index in [-0.39, 0.29) is 10.7 Å². The number of hydrogen-bond donors (Lipinski definition) is 2. The van der Waals surface area contributed by atoms with Crippen LogP contribution in [0.25, 0.3) is 0 Å². The normalized spacial score (nSPS) is 11.3. The van der Waals surface area contributed by atoms with Crippen LogP contribution < -0.4 is 10.5 Å². The molecule has 106 valence electrons. The molecule has 1 aromatic heterocycles. The third kappa shape index (κ3) is 3.35. The van der Waals surface area contributed by atoms with Gasteiger partial charge in [0.2, 0.25) is 10.0 Å². The maximum atomic E-state index is 12.1. The molecule has 0 bridgehead atoms. The number of primary sulfonamides is 1. The molecule has 9 heteroatoms. The van der Waals surface area contributed by atoms with Gasteiger partial charge >= 0.3 is 0 Å². The molecule has 3 N–H and O–H groups in total. The summed E-state index contributed by atoms with van der Waals surface area (Å²) in [6.45, 7) is 0. The van der Waals surface area contributed by atoms with Crippen LogP contribution in [0.4, 0.5) is 5.82 Å². The Balaban J connectivity index is 2.34. The number of nitrogens with one attached hydrogen (secondary N) is 1. The molecule has 0 aliphatic carbocycles. The van der Waals surface area contributed by atoms with E-state index in [4.69, 9.17) is 5.14 Å².